The summed E-state index contributed by atoms with van der Waals surface area (Å²) in [7, 11) is 3.07. The predicted octanol–water partition coefficient (Wildman–Crippen LogP) is 5.79. The Labute approximate surface area is 240 Å². The Hall–Kier alpha value is -4.28. The minimum Gasteiger partial charge on any atom is -0.493 e. The fraction of sp³-hybridized carbons (Fsp3) is 0.172. The molecule has 5 rings (SSSR count). The summed E-state index contributed by atoms with van der Waals surface area (Å²) in [6.45, 7) is 2.45. The molecule has 9 nitrogen and oxygen atoms in total. The van der Waals surface area contributed by atoms with Crippen LogP contribution in [0.1, 0.15) is 16.7 Å². The lowest BCUT2D eigenvalue weighted by Crippen LogP contribution is -2.35. The minimum atomic E-state index is -0.534. The van der Waals surface area contributed by atoms with Crippen LogP contribution in [-0.4, -0.2) is 54.4 Å². The molecule has 0 saturated carbocycles. The number of amides is 1. The van der Waals surface area contributed by atoms with Crippen LogP contribution in [0.3, 0.4) is 0 Å². The number of para-hydroxylation sites is 2. The Morgan fingerprint density at radius 2 is 1.68 bits per heavy atom. The Kier molecular flexibility index (Phi) is 8.09. The maximum absolute atomic E-state index is 12.9. The van der Waals surface area contributed by atoms with E-state index in [-0.39, 0.29) is 29.6 Å². The number of methoxy groups -OCH3 is 2. The van der Waals surface area contributed by atoms with E-state index in [1.165, 1.54) is 30.0 Å². The summed E-state index contributed by atoms with van der Waals surface area (Å²) in [6.07, 6.45) is 1.54. The number of benzene rings is 3. The number of aliphatic imine (C=N–C) groups is 1. The molecule has 0 fully saturated rings. The third-order valence-corrected chi connectivity index (χ3v) is 7.21. The van der Waals surface area contributed by atoms with E-state index in [0.717, 1.165) is 11.1 Å². The molecule has 0 atom stereocenters. The van der Waals surface area contributed by atoms with Crippen LogP contribution in [0.4, 0.5) is 0 Å². The van der Waals surface area contributed by atoms with Crippen molar-refractivity contribution in [1.29, 1.82) is 5.41 Å². The number of carbonyl (C=O) groups is 1. The molecule has 3 aromatic rings. The third-order valence-electron chi connectivity index (χ3n) is 5.97. The molecular formula is C29H25ClN4O5S. The van der Waals surface area contributed by atoms with E-state index in [9.17, 15) is 4.79 Å². The van der Waals surface area contributed by atoms with Gasteiger partial charge in [0.1, 0.15) is 18.3 Å². The van der Waals surface area contributed by atoms with Crippen molar-refractivity contribution in [1.82, 2.24) is 5.01 Å². The Morgan fingerprint density at radius 1 is 0.975 bits per heavy atom. The second kappa shape index (κ2) is 11.8. The van der Waals surface area contributed by atoms with Gasteiger partial charge in [0.15, 0.2) is 28.8 Å². The summed E-state index contributed by atoms with van der Waals surface area (Å²) in [6, 6.07) is 18.5. The van der Waals surface area contributed by atoms with Crippen molar-refractivity contribution in [2.45, 2.75) is 6.92 Å². The predicted molar refractivity (Wildman–Crippen MR) is 157 cm³/mol. The number of thioether (sulfide) groups is 1. The first-order valence-electron chi connectivity index (χ1n) is 12.2. The van der Waals surface area contributed by atoms with E-state index < -0.39 is 5.91 Å². The molecule has 11 heteroatoms. The van der Waals surface area contributed by atoms with Crippen molar-refractivity contribution in [3.8, 4) is 23.0 Å². The molecule has 0 saturated heterocycles. The number of aryl methyl sites for hydroxylation is 1. The van der Waals surface area contributed by atoms with E-state index in [1.54, 1.807) is 25.3 Å². The number of amidine groups is 2. The molecular weight excluding hydrogens is 552 g/mol. The average Bonchev–Trinajstić information content (AvgIpc) is 3.38. The summed E-state index contributed by atoms with van der Waals surface area (Å²) < 4.78 is 22.4. The molecule has 2 heterocycles. The lowest BCUT2D eigenvalue weighted by molar-refractivity contribution is -0.114. The summed E-state index contributed by atoms with van der Waals surface area (Å²) in [5.74, 6) is 1.32. The molecule has 1 amide bonds. The van der Waals surface area contributed by atoms with Crippen LogP contribution < -0.4 is 18.9 Å². The molecule has 1 N–H and O–H groups in total. The quantitative estimate of drug-likeness (QED) is 0.254. The topological polar surface area (TPSA) is 106 Å². The summed E-state index contributed by atoms with van der Waals surface area (Å²) in [5.41, 5.74) is 2.64. The van der Waals surface area contributed by atoms with Crippen molar-refractivity contribution in [3.63, 3.8) is 0 Å². The summed E-state index contributed by atoms with van der Waals surface area (Å²) in [4.78, 5) is 17.1. The largest absolute Gasteiger partial charge is 0.493 e. The first kappa shape index (κ1) is 27.3. The lowest BCUT2D eigenvalue weighted by atomic mass is 10.1. The SMILES string of the molecule is COc1ccccc1OCCOc1c(Cl)cc(/C=C2/C(=N)N3N=C(c4ccc(C)cc4)SC3=NC2=O)cc1OC. The van der Waals surface area contributed by atoms with E-state index >= 15 is 0 Å². The lowest BCUT2D eigenvalue weighted by Gasteiger charge is -2.20. The van der Waals surface area contributed by atoms with Crippen LogP contribution in [0.15, 0.2) is 76.3 Å². The first-order chi connectivity index (χ1) is 19.4. The van der Waals surface area contributed by atoms with Crippen molar-refractivity contribution in [2.75, 3.05) is 27.4 Å². The molecule has 0 spiro atoms. The van der Waals surface area contributed by atoms with Crippen LogP contribution >= 0.6 is 23.4 Å². The third kappa shape index (κ3) is 5.68. The number of rotatable bonds is 9. The first-order valence-corrected chi connectivity index (χ1v) is 13.4. The van der Waals surface area contributed by atoms with Crippen LogP contribution in [0.25, 0.3) is 6.08 Å². The van der Waals surface area contributed by atoms with Gasteiger partial charge < -0.3 is 18.9 Å². The molecule has 0 aromatic heterocycles. The maximum Gasteiger partial charge on any atom is 0.283 e. The number of fused-ring (bicyclic) bond motifs is 1. The average molecular weight is 577 g/mol. The van der Waals surface area contributed by atoms with Crippen molar-refractivity contribution >= 4 is 51.4 Å². The van der Waals surface area contributed by atoms with Gasteiger partial charge in [-0.1, -0.05) is 53.6 Å². The normalized spacial score (nSPS) is 15.5. The Balaban J connectivity index is 1.31. The van der Waals surface area contributed by atoms with Crippen molar-refractivity contribution in [3.05, 3.63) is 87.9 Å². The van der Waals surface area contributed by atoms with Gasteiger partial charge in [0.05, 0.1) is 24.8 Å². The smallest absolute Gasteiger partial charge is 0.283 e. The van der Waals surface area contributed by atoms with Crippen LogP contribution in [0, 0.1) is 12.3 Å². The van der Waals surface area contributed by atoms with Gasteiger partial charge in [-0.15, -0.1) is 0 Å². The standard InChI is InChI=1S/C29H25ClN4O5S/c1-17-8-10-19(11-9-17)28-33-34-26(31)20(27(35)32-29(34)40-28)14-18-15-21(30)25(24(16-18)37-3)39-13-12-38-23-7-5-4-6-22(23)36-2/h4-11,14-16,31H,12-13H2,1-3H3/b20-14-,31-26?. The highest BCUT2D eigenvalue weighted by Gasteiger charge is 2.36. The minimum absolute atomic E-state index is 0.0754. The highest BCUT2D eigenvalue weighted by atomic mass is 35.5. The number of ether oxygens (including phenoxy) is 4. The number of hydrogen-bond donors (Lipinski definition) is 1. The molecule has 0 bridgehead atoms. The monoisotopic (exact) mass is 576 g/mol. The number of hydrazone groups is 1. The number of hydrogen-bond acceptors (Lipinski definition) is 8. The van der Waals surface area contributed by atoms with Gasteiger partial charge in [-0.25, -0.2) is 0 Å². The number of nitrogens with one attached hydrogen (secondary N) is 1. The molecule has 0 unspecified atom stereocenters. The zero-order valence-electron chi connectivity index (χ0n) is 21.9. The molecule has 0 aliphatic carbocycles. The van der Waals surface area contributed by atoms with E-state index in [4.69, 9.17) is 36.0 Å². The molecule has 3 aromatic carbocycles. The summed E-state index contributed by atoms with van der Waals surface area (Å²) >= 11 is 7.79. The van der Waals surface area contributed by atoms with Gasteiger partial charge in [0.2, 0.25) is 5.17 Å². The highest BCUT2D eigenvalue weighted by Crippen LogP contribution is 2.38. The van der Waals surface area contributed by atoms with Gasteiger partial charge in [0, 0.05) is 5.56 Å². The summed E-state index contributed by atoms with van der Waals surface area (Å²) in [5, 5.41) is 15.9. The zero-order chi connectivity index (χ0) is 28.2. The molecule has 2 aliphatic heterocycles. The highest BCUT2D eigenvalue weighted by molar-refractivity contribution is 8.27. The second-order valence-electron chi connectivity index (χ2n) is 8.67. The molecule has 204 valence electrons. The molecule has 2 aliphatic rings. The number of halogens is 1. The van der Waals surface area contributed by atoms with Gasteiger partial charge in [-0.2, -0.15) is 15.1 Å². The van der Waals surface area contributed by atoms with Crippen molar-refractivity contribution in [2.24, 2.45) is 10.1 Å². The van der Waals surface area contributed by atoms with E-state index in [1.807, 2.05) is 49.4 Å². The maximum atomic E-state index is 12.9. The Morgan fingerprint density at radius 3 is 2.40 bits per heavy atom. The molecule has 40 heavy (non-hydrogen) atoms. The fourth-order valence-corrected chi connectivity index (χ4v) is 5.14. The van der Waals surface area contributed by atoms with E-state index in [0.29, 0.717) is 38.8 Å². The van der Waals surface area contributed by atoms with Crippen LogP contribution in [0.2, 0.25) is 5.02 Å². The second-order valence-corrected chi connectivity index (χ2v) is 10.0. The zero-order valence-corrected chi connectivity index (χ0v) is 23.5. The van der Waals surface area contributed by atoms with Crippen LogP contribution in [-0.2, 0) is 4.79 Å². The van der Waals surface area contributed by atoms with Crippen LogP contribution in [0.5, 0.6) is 23.0 Å². The molecule has 0 radical (unpaired) electrons. The number of carbonyl (C=O) groups excluding carboxylic acids is 1. The van der Waals surface area contributed by atoms with Crippen molar-refractivity contribution < 1.29 is 23.7 Å². The number of nitrogens with zero attached hydrogens (tertiary/aromatic N) is 3. The van der Waals surface area contributed by atoms with Gasteiger partial charge >= 0.3 is 0 Å². The van der Waals surface area contributed by atoms with Gasteiger partial charge in [-0.05, 0) is 54.6 Å². The van der Waals surface area contributed by atoms with Gasteiger partial charge in [-0.3, -0.25) is 10.2 Å². The fourth-order valence-electron chi connectivity index (χ4n) is 3.97. The van der Waals surface area contributed by atoms with E-state index in [2.05, 4.69) is 10.1 Å². The Bertz CT molecular complexity index is 1570. The van der Waals surface area contributed by atoms with Gasteiger partial charge in [0.25, 0.3) is 5.91 Å².